The van der Waals surface area contributed by atoms with Crippen molar-refractivity contribution in [2.75, 3.05) is 6.61 Å². The smallest absolute Gasteiger partial charge is 0.173 e. The van der Waals surface area contributed by atoms with Gasteiger partial charge in [-0.3, -0.25) is 0 Å². The first kappa shape index (κ1) is 17.5. The van der Waals surface area contributed by atoms with E-state index in [2.05, 4.69) is 21.0 Å². The normalized spacial score (nSPS) is 10.6. The van der Waals surface area contributed by atoms with E-state index in [0.717, 1.165) is 28.1 Å². The van der Waals surface area contributed by atoms with Crippen LogP contribution in [-0.2, 0) is 0 Å². The highest BCUT2D eigenvalue weighted by molar-refractivity contribution is 5.83. The molecule has 0 spiro atoms. The van der Waals surface area contributed by atoms with Crippen molar-refractivity contribution in [1.29, 1.82) is 5.26 Å². The molecule has 2 aromatic carbocycles. The van der Waals surface area contributed by atoms with Crippen LogP contribution in [0.25, 0.3) is 28.0 Å². The molecule has 2 heterocycles. The molecule has 0 aliphatic heterocycles. The number of benzene rings is 2. The third kappa shape index (κ3) is 3.02. The van der Waals surface area contributed by atoms with Crippen molar-refractivity contribution in [2.24, 2.45) is 0 Å². The van der Waals surface area contributed by atoms with Crippen molar-refractivity contribution in [1.82, 2.24) is 14.6 Å². The molecule has 0 amide bonds. The number of nitrogens with zero attached hydrogens (tertiary/aromatic N) is 4. The van der Waals surface area contributed by atoms with E-state index in [4.69, 9.17) is 9.99 Å². The summed E-state index contributed by atoms with van der Waals surface area (Å²) in [6.07, 6.45) is 3.23. The second-order valence-electron chi connectivity index (χ2n) is 6.00. The minimum absolute atomic E-state index is 0.329. The highest BCUT2D eigenvalue weighted by atomic mass is 17.1. The standard InChI is InChI=1S/C21H16N4O3/c1-2-27-17-7-3-14(4-8-17)19-13-23-21-16(11-22)12-24-25(21)20(19)15-5-9-18(28-26)10-6-15/h3-10,12-13,26H,2H2,1H3. The topological polar surface area (TPSA) is 92.7 Å². The predicted molar refractivity (Wildman–Crippen MR) is 103 cm³/mol. The Balaban J connectivity index is 1.93. The zero-order valence-corrected chi connectivity index (χ0v) is 15.0. The lowest BCUT2D eigenvalue weighted by atomic mass is 10.0. The summed E-state index contributed by atoms with van der Waals surface area (Å²) in [5.41, 5.74) is 4.28. The maximum atomic E-state index is 9.32. The summed E-state index contributed by atoms with van der Waals surface area (Å²) in [5, 5.41) is 22.5. The lowest BCUT2D eigenvalue weighted by molar-refractivity contribution is -0.137. The van der Waals surface area contributed by atoms with Gasteiger partial charge in [0.15, 0.2) is 11.4 Å². The van der Waals surface area contributed by atoms with Gasteiger partial charge in [-0.25, -0.2) is 14.8 Å². The van der Waals surface area contributed by atoms with Crippen LogP contribution in [0.1, 0.15) is 12.5 Å². The minimum Gasteiger partial charge on any atom is -0.494 e. The fraction of sp³-hybridized carbons (Fsp3) is 0.0952. The van der Waals surface area contributed by atoms with Crippen molar-refractivity contribution < 1.29 is 14.9 Å². The summed E-state index contributed by atoms with van der Waals surface area (Å²) in [6, 6.07) is 16.8. The Morgan fingerprint density at radius 2 is 1.68 bits per heavy atom. The average molecular weight is 372 g/mol. The van der Waals surface area contributed by atoms with Gasteiger partial charge in [0.05, 0.1) is 18.5 Å². The molecule has 0 aliphatic carbocycles. The third-order valence-electron chi connectivity index (χ3n) is 4.36. The van der Waals surface area contributed by atoms with Gasteiger partial charge < -0.3 is 9.62 Å². The molecular formula is C21H16N4O3. The third-order valence-corrected chi connectivity index (χ3v) is 4.36. The molecule has 0 saturated heterocycles. The molecule has 7 nitrogen and oxygen atoms in total. The van der Waals surface area contributed by atoms with E-state index >= 15 is 0 Å². The van der Waals surface area contributed by atoms with Crippen LogP contribution in [-0.4, -0.2) is 26.5 Å². The van der Waals surface area contributed by atoms with E-state index in [1.54, 1.807) is 22.8 Å². The van der Waals surface area contributed by atoms with E-state index in [-0.39, 0.29) is 0 Å². The molecule has 0 unspecified atom stereocenters. The van der Waals surface area contributed by atoms with Crippen LogP contribution in [0.4, 0.5) is 0 Å². The summed E-state index contributed by atoms with van der Waals surface area (Å²) in [6.45, 7) is 2.54. The minimum atomic E-state index is 0.329. The summed E-state index contributed by atoms with van der Waals surface area (Å²) in [7, 11) is 0. The Hall–Kier alpha value is -3.89. The second-order valence-corrected chi connectivity index (χ2v) is 6.00. The van der Waals surface area contributed by atoms with Crippen molar-refractivity contribution in [3.05, 3.63) is 66.5 Å². The predicted octanol–water partition coefficient (Wildman–Crippen LogP) is 4.19. The Kier molecular flexibility index (Phi) is 4.62. The molecule has 28 heavy (non-hydrogen) atoms. The fourth-order valence-electron chi connectivity index (χ4n) is 3.07. The number of hydrogen-bond donors (Lipinski definition) is 1. The quantitative estimate of drug-likeness (QED) is 0.417. The van der Waals surface area contributed by atoms with E-state index < -0.39 is 0 Å². The van der Waals surface area contributed by atoms with Crippen LogP contribution in [0.3, 0.4) is 0 Å². The Labute approximate surface area is 161 Å². The maximum Gasteiger partial charge on any atom is 0.173 e. The van der Waals surface area contributed by atoms with Crippen LogP contribution in [0.5, 0.6) is 11.5 Å². The highest BCUT2D eigenvalue weighted by Crippen LogP contribution is 2.34. The van der Waals surface area contributed by atoms with Crippen molar-refractivity contribution in [3.8, 4) is 40.0 Å². The fourth-order valence-corrected chi connectivity index (χ4v) is 3.07. The molecule has 138 valence electrons. The van der Waals surface area contributed by atoms with Gasteiger partial charge in [-0.1, -0.05) is 12.1 Å². The van der Waals surface area contributed by atoms with Crippen molar-refractivity contribution in [3.63, 3.8) is 0 Å². The van der Waals surface area contributed by atoms with Crippen molar-refractivity contribution in [2.45, 2.75) is 6.92 Å². The van der Waals surface area contributed by atoms with Crippen LogP contribution in [0.2, 0.25) is 0 Å². The molecule has 0 aliphatic rings. The first-order valence-electron chi connectivity index (χ1n) is 8.67. The van der Waals surface area contributed by atoms with Gasteiger partial charge in [0.2, 0.25) is 0 Å². The van der Waals surface area contributed by atoms with E-state index in [1.807, 2.05) is 43.3 Å². The zero-order chi connectivity index (χ0) is 19.5. The van der Waals surface area contributed by atoms with Crippen LogP contribution in [0.15, 0.2) is 60.9 Å². The second kappa shape index (κ2) is 7.39. The maximum absolute atomic E-state index is 9.32. The highest BCUT2D eigenvalue weighted by Gasteiger charge is 2.16. The SMILES string of the molecule is CCOc1ccc(-c2cnc3c(C#N)cnn3c2-c2ccc(OO)cc2)cc1. The lowest BCUT2D eigenvalue weighted by Gasteiger charge is -2.13. The number of nitriles is 1. The molecule has 4 rings (SSSR count). The molecule has 0 atom stereocenters. The molecule has 0 saturated carbocycles. The number of fused-ring (bicyclic) bond motifs is 1. The van der Waals surface area contributed by atoms with Gasteiger partial charge in [0.1, 0.15) is 17.4 Å². The van der Waals surface area contributed by atoms with E-state index in [9.17, 15) is 5.26 Å². The molecule has 4 aromatic rings. The van der Waals surface area contributed by atoms with Gasteiger partial charge in [0.25, 0.3) is 0 Å². The first-order chi connectivity index (χ1) is 13.7. The summed E-state index contributed by atoms with van der Waals surface area (Å²) < 4.78 is 7.17. The van der Waals surface area contributed by atoms with Crippen LogP contribution in [0, 0.1) is 11.3 Å². The average Bonchev–Trinajstić information content (AvgIpc) is 3.17. The lowest BCUT2D eigenvalue weighted by Crippen LogP contribution is -2.00. The van der Waals surface area contributed by atoms with Crippen molar-refractivity contribution >= 4 is 5.65 Å². The van der Waals surface area contributed by atoms with Gasteiger partial charge in [0, 0.05) is 17.3 Å². The first-order valence-corrected chi connectivity index (χ1v) is 8.67. The Morgan fingerprint density at radius 3 is 2.32 bits per heavy atom. The van der Waals surface area contributed by atoms with Crippen LogP contribution >= 0.6 is 0 Å². The van der Waals surface area contributed by atoms with E-state index in [1.165, 1.54) is 6.20 Å². The molecule has 0 radical (unpaired) electrons. The summed E-state index contributed by atoms with van der Waals surface area (Å²) >= 11 is 0. The molecule has 7 heteroatoms. The number of rotatable bonds is 5. The molecule has 1 N–H and O–H groups in total. The zero-order valence-electron chi connectivity index (χ0n) is 15.0. The van der Waals surface area contributed by atoms with Crippen LogP contribution < -0.4 is 9.62 Å². The van der Waals surface area contributed by atoms with E-state index in [0.29, 0.717) is 23.6 Å². The largest absolute Gasteiger partial charge is 0.494 e. The Morgan fingerprint density at radius 1 is 1.00 bits per heavy atom. The number of hydrogen-bond acceptors (Lipinski definition) is 6. The molecular weight excluding hydrogens is 356 g/mol. The number of aromatic nitrogens is 3. The summed E-state index contributed by atoms with van der Waals surface area (Å²) in [4.78, 5) is 8.72. The number of ether oxygens (including phenoxy) is 1. The molecule has 0 bridgehead atoms. The summed E-state index contributed by atoms with van der Waals surface area (Å²) in [5.74, 6) is 1.12. The Bertz CT molecular complexity index is 1160. The van der Waals surface area contributed by atoms with Gasteiger partial charge in [-0.2, -0.15) is 10.4 Å². The van der Waals surface area contributed by atoms with Gasteiger partial charge in [-0.05, 0) is 48.9 Å². The molecule has 2 aromatic heterocycles. The molecule has 0 fully saturated rings. The van der Waals surface area contributed by atoms with Gasteiger partial charge in [-0.15, -0.1) is 0 Å². The van der Waals surface area contributed by atoms with Gasteiger partial charge >= 0.3 is 0 Å². The monoisotopic (exact) mass is 372 g/mol.